The van der Waals surface area contributed by atoms with Crippen LogP contribution in [0.4, 0.5) is 4.79 Å². The number of carbonyl (C=O) groups is 1. The van der Waals surface area contributed by atoms with E-state index in [4.69, 9.17) is 4.74 Å². The second kappa shape index (κ2) is 7.77. The minimum absolute atomic E-state index is 0.181. The van der Waals surface area contributed by atoms with Gasteiger partial charge in [0.05, 0.1) is 6.04 Å². The summed E-state index contributed by atoms with van der Waals surface area (Å²) in [6, 6.07) is 11.1. The van der Waals surface area contributed by atoms with Crippen LogP contribution in [0.5, 0.6) is 0 Å². The first-order valence-electron chi connectivity index (χ1n) is 9.35. The smallest absolute Gasteiger partial charge is 0.410 e. The Bertz CT molecular complexity index is 565. The van der Waals surface area contributed by atoms with E-state index < -0.39 is 5.60 Å². The molecule has 0 spiro atoms. The lowest BCUT2D eigenvalue weighted by Gasteiger charge is -2.32. The maximum atomic E-state index is 12.5. The molecule has 0 N–H and O–H groups in total. The van der Waals surface area contributed by atoms with Crippen molar-refractivity contribution in [2.24, 2.45) is 11.8 Å². The van der Waals surface area contributed by atoms with Crippen LogP contribution in [0.3, 0.4) is 0 Å². The second-order valence-corrected chi connectivity index (χ2v) is 8.61. The van der Waals surface area contributed by atoms with Crippen LogP contribution in [-0.2, 0) is 4.74 Å². The third-order valence-corrected chi connectivity index (χ3v) is 5.23. The Balaban J connectivity index is 2.13. The van der Waals surface area contributed by atoms with E-state index >= 15 is 0 Å². The molecule has 25 heavy (non-hydrogen) atoms. The van der Waals surface area contributed by atoms with Gasteiger partial charge in [0.25, 0.3) is 0 Å². The molecule has 0 unspecified atom stereocenters. The number of hydrogen-bond donors (Lipinski definition) is 0. The summed E-state index contributed by atoms with van der Waals surface area (Å²) in [6.45, 7) is 14.4. The lowest BCUT2D eigenvalue weighted by atomic mass is 9.90. The van der Waals surface area contributed by atoms with Crippen molar-refractivity contribution in [3.63, 3.8) is 0 Å². The van der Waals surface area contributed by atoms with E-state index in [-0.39, 0.29) is 12.1 Å². The van der Waals surface area contributed by atoms with Crippen LogP contribution < -0.4 is 0 Å². The van der Waals surface area contributed by atoms with Gasteiger partial charge < -0.3 is 9.64 Å². The number of ether oxygens (including phenoxy) is 1. The van der Waals surface area contributed by atoms with Crippen LogP contribution in [0.2, 0.25) is 0 Å². The monoisotopic (exact) mass is 346 g/mol. The average molecular weight is 347 g/mol. The van der Waals surface area contributed by atoms with Gasteiger partial charge in [-0.2, -0.15) is 0 Å². The summed E-state index contributed by atoms with van der Waals surface area (Å²) in [6.07, 6.45) is -0.225. The highest BCUT2D eigenvalue weighted by molar-refractivity contribution is 5.68. The molecular weight excluding hydrogens is 312 g/mol. The van der Waals surface area contributed by atoms with Gasteiger partial charge in [0.1, 0.15) is 5.60 Å². The van der Waals surface area contributed by atoms with Gasteiger partial charge >= 0.3 is 6.09 Å². The van der Waals surface area contributed by atoms with Gasteiger partial charge in [-0.15, -0.1) is 0 Å². The topological polar surface area (TPSA) is 32.8 Å². The maximum absolute atomic E-state index is 12.5. The molecule has 4 nitrogen and oxygen atoms in total. The third-order valence-electron chi connectivity index (χ3n) is 5.23. The Kier molecular flexibility index (Phi) is 6.15. The van der Waals surface area contributed by atoms with Crippen molar-refractivity contribution in [1.82, 2.24) is 9.80 Å². The third kappa shape index (κ3) is 4.97. The fourth-order valence-electron chi connectivity index (χ4n) is 3.64. The lowest BCUT2D eigenvalue weighted by molar-refractivity contribution is 0.0178. The first-order chi connectivity index (χ1) is 11.6. The number of carbonyl (C=O) groups excluding carboxylic acids is 1. The predicted octanol–water partition coefficient (Wildman–Crippen LogP) is 4.57. The van der Waals surface area contributed by atoms with E-state index in [9.17, 15) is 4.79 Å². The molecule has 0 aliphatic carbocycles. The Morgan fingerprint density at radius 1 is 1.16 bits per heavy atom. The normalized spacial score (nSPS) is 22.9. The van der Waals surface area contributed by atoms with E-state index in [1.807, 2.05) is 32.7 Å². The van der Waals surface area contributed by atoms with Gasteiger partial charge in [0, 0.05) is 26.2 Å². The molecule has 1 aliphatic rings. The van der Waals surface area contributed by atoms with Gasteiger partial charge in [-0.05, 0) is 45.1 Å². The van der Waals surface area contributed by atoms with Gasteiger partial charge in [0.15, 0.2) is 0 Å². The summed E-state index contributed by atoms with van der Waals surface area (Å²) < 4.78 is 5.59. The molecule has 0 radical (unpaired) electrons. The summed E-state index contributed by atoms with van der Waals surface area (Å²) in [5.74, 6) is 0.964. The van der Waals surface area contributed by atoms with Crippen molar-refractivity contribution >= 4 is 6.09 Å². The zero-order valence-electron chi connectivity index (χ0n) is 16.8. The van der Waals surface area contributed by atoms with Crippen molar-refractivity contribution < 1.29 is 9.53 Å². The summed E-state index contributed by atoms with van der Waals surface area (Å²) in [5.41, 5.74) is 0.861. The molecule has 1 aliphatic heterocycles. The molecule has 2 rings (SSSR count). The fraction of sp³-hybridized carbons (Fsp3) is 0.667. The van der Waals surface area contributed by atoms with Crippen molar-refractivity contribution in [2.45, 2.75) is 59.2 Å². The predicted molar refractivity (Wildman–Crippen MR) is 103 cm³/mol. The molecule has 0 aromatic heterocycles. The van der Waals surface area contributed by atoms with Crippen LogP contribution in [0.25, 0.3) is 0 Å². The molecule has 1 heterocycles. The number of amides is 1. The number of benzene rings is 1. The summed E-state index contributed by atoms with van der Waals surface area (Å²) >= 11 is 0. The van der Waals surface area contributed by atoms with E-state index in [1.165, 1.54) is 5.56 Å². The summed E-state index contributed by atoms with van der Waals surface area (Å²) in [5, 5.41) is 0. The maximum Gasteiger partial charge on any atom is 0.410 e. The fourth-order valence-corrected chi connectivity index (χ4v) is 3.64. The Labute approximate surface area is 153 Å². The van der Waals surface area contributed by atoms with Gasteiger partial charge in [0.2, 0.25) is 0 Å². The number of hydrogen-bond acceptors (Lipinski definition) is 3. The van der Waals surface area contributed by atoms with Crippen molar-refractivity contribution in [1.29, 1.82) is 0 Å². The molecule has 4 heteroatoms. The van der Waals surface area contributed by atoms with Gasteiger partial charge in [-0.3, -0.25) is 4.90 Å². The molecule has 1 aromatic carbocycles. The largest absolute Gasteiger partial charge is 0.444 e. The van der Waals surface area contributed by atoms with Crippen molar-refractivity contribution in [2.75, 3.05) is 20.1 Å². The molecular formula is C21H34N2O2. The molecule has 3 atom stereocenters. The minimum atomic E-state index is -0.464. The molecule has 0 saturated carbocycles. The Morgan fingerprint density at radius 2 is 1.76 bits per heavy atom. The molecule has 1 fully saturated rings. The standard InChI is InChI=1S/C21H34N2O2/c1-15(2)18-13-23(16(3)17-11-9-8-10-12-17)14-19(18)22(7)20(24)25-21(4,5)6/h8-12,15-16,18-19H,13-14H2,1-7H3/t16-,18-,19-/m1/s1. The average Bonchev–Trinajstić information content (AvgIpc) is 2.98. The van der Waals surface area contributed by atoms with Crippen molar-refractivity contribution in [3.05, 3.63) is 35.9 Å². The molecule has 1 saturated heterocycles. The highest BCUT2D eigenvalue weighted by Gasteiger charge is 2.41. The summed E-state index contributed by atoms with van der Waals surface area (Å²) in [4.78, 5) is 16.9. The zero-order valence-corrected chi connectivity index (χ0v) is 16.8. The molecule has 1 amide bonds. The number of likely N-dealkylation sites (N-methyl/N-ethyl adjacent to an activating group) is 1. The van der Waals surface area contributed by atoms with Crippen LogP contribution >= 0.6 is 0 Å². The van der Waals surface area contributed by atoms with Crippen molar-refractivity contribution in [3.8, 4) is 0 Å². The SMILES string of the molecule is CC(C)[C@H]1CN([C@H](C)c2ccccc2)C[C@H]1N(C)C(=O)OC(C)(C)C. The van der Waals surface area contributed by atoms with Crippen LogP contribution in [0, 0.1) is 11.8 Å². The Morgan fingerprint density at radius 3 is 2.28 bits per heavy atom. The summed E-state index contributed by atoms with van der Waals surface area (Å²) in [7, 11) is 1.88. The molecule has 140 valence electrons. The first-order valence-corrected chi connectivity index (χ1v) is 9.35. The quantitative estimate of drug-likeness (QED) is 0.800. The Hall–Kier alpha value is -1.55. The van der Waals surface area contributed by atoms with E-state index in [0.29, 0.717) is 17.9 Å². The molecule has 0 bridgehead atoms. The highest BCUT2D eigenvalue weighted by Crippen LogP contribution is 2.33. The molecule has 1 aromatic rings. The minimum Gasteiger partial charge on any atom is -0.444 e. The van der Waals surface area contributed by atoms with Gasteiger partial charge in [-0.1, -0.05) is 44.2 Å². The first kappa shape index (κ1) is 19.8. The van der Waals surface area contributed by atoms with Crippen LogP contribution in [0.15, 0.2) is 30.3 Å². The van der Waals surface area contributed by atoms with Gasteiger partial charge in [-0.25, -0.2) is 4.79 Å². The number of rotatable bonds is 4. The van der Waals surface area contributed by atoms with E-state index in [2.05, 4.69) is 56.0 Å². The number of nitrogens with zero attached hydrogens (tertiary/aromatic N) is 2. The zero-order chi connectivity index (χ0) is 18.8. The number of likely N-dealkylation sites (tertiary alicyclic amines) is 1. The highest BCUT2D eigenvalue weighted by atomic mass is 16.6. The van der Waals surface area contributed by atoms with Crippen LogP contribution in [0.1, 0.15) is 53.1 Å². The van der Waals surface area contributed by atoms with E-state index in [0.717, 1.165) is 13.1 Å². The second-order valence-electron chi connectivity index (χ2n) is 8.61. The lowest BCUT2D eigenvalue weighted by Crippen LogP contribution is -2.45. The van der Waals surface area contributed by atoms with E-state index in [1.54, 1.807) is 0 Å². The van der Waals surface area contributed by atoms with Crippen LogP contribution in [-0.4, -0.2) is 47.7 Å².